The number of aromatic nitrogens is 3. The number of hydrogen-bond acceptors (Lipinski definition) is 4. The normalized spacial score (nSPS) is 20.0. The highest BCUT2D eigenvalue weighted by molar-refractivity contribution is 5.80. The van der Waals surface area contributed by atoms with E-state index < -0.39 is 5.97 Å². The number of carbonyl (C=O) groups excluding carboxylic acids is 1. The van der Waals surface area contributed by atoms with Crippen molar-refractivity contribution in [2.45, 2.75) is 32.4 Å². The first-order valence-corrected chi connectivity index (χ1v) is 8.03. The predicted molar refractivity (Wildman–Crippen MR) is 85.9 cm³/mol. The van der Waals surface area contributed by atoms with E-state index in [0.29, 0.717) is 32.4 Å². The Labute approximate surface area is 139 Å². The van der Waals surface area contributed by atoms with Crippen LogP contribution in [0, 0.1) is 11.8 Å². The van der Waals surface area contributed by atoms with Crippen LogP contribution in [0.25, 0.3) is 0 Å². The van der Waals surface area contributed by atoms with Crippen LogP contribution in [0.15, 0.2) is 36.9 Å². The van der Waals surface area contributed by atoms with Gasteiger partial charge >= 0.3 is 5.97 Å². The third-order valence-electron chi connectivity index (χ3n) is 4.52. The quantitative estimate of drug-likeness (QED) is 0.836. The number of carboxylic acids is 1. The maximum absolute atomic E-state index is 12.3. The molecule has 2 atom stereocenters. The molecule has 1 aromatic heterocycles. The summed E-state index contributed by atoms with van der Waals surface area (Å²) in [5.74, 6) is -1.45. The number of hydrogen-bond donors (Lipinski definition) is 2. The molecule has 2 aromatic rings. The number of aliphatic carboxylic acids is 1. The molecule has 0 spiro atoms. The van der Waals surface area contributed by atoms with E-state index in [1.807, 2.05) is 24.3 Å². The van der Waals surface area contributed by atoms with Gasteiger partial charge in [0.25, 0.3) is 0 Å². The first-order chi connectivity index (χ1) is 11.6. The lowest BCUT2D eigenvalue weighted by molar-refractivity contribution is -0.141. The lowest BCUT2D eigenvalue weighted by Crippen LogP contribution is -2.29. The molecule has 24 heavy (non-hydrogen) atoms. The fourth-order valence-electron chi connectivity index (χ4n) is 3.14. The van der Waals surface area contributed by atoms with Gasteiger partial charge in [-0.1, -0.05) is 24.3 Å². The smallest absolute Gasteiger partial charge is 0.306 e. The van der Waals surface area contributed by atoms with E-state index in [1.165, 1.54) is 6.33 Å². The number of nitrogens with zero attached hydrogens (tertiary/aromatic N) is 3. The monoisotopic (exact) mass is 328 g/mol. The van der Waals surface area contributed by atoms with Crippen molar-refractivity contribution in [3.63, 3.8) is 0 Å². The second-order valence-electron chi connectivity index (χ2n) is 6.12. The molecule has 1 aromatic carbocycles. The highest BCUT2D eigenvalue weighted by atomic mass is 16.4. The molecule has 0 aliphatic heterocycles. The van der Waals surface area contributed by atoms with Crippen molar-refractivity contribution in [2.24, 2.45) is 11.8 Å². The molecule has 0 unspecified atom stereocenters. The number of nitrogens with one attached hydrogen (secondary N) is 1. The van der Waals surface area contributed by atoms with Crippen LogP contribution in [0.2, 0.25) is 0 Å². The molecular weight excluding hydrogens is 308 g/mol. The van der Waals surface area contributed by atoms with Crippen molar-refractivity contribution in [1.82, 2.24) is 20.1 Å². The topological polar surface area (TPSA) is 97.1 Å². The van der Waals surface area contributed by atoms with E-state index in [1.54, 1.807) is 11.0 Å². The molecule has 0 bridgehead atoms. The molecule has 0 radical (unpaired) electrons. The molecular formula is C17H20N4O3. The summed E-state index contributed by atoms with van der Waals surface area (Å²) in [6.07, 6.45) is 4.80. The van der Waals surface area contributed by atoms with Gasteiger partial charge in [0.05, 0.1) is 12.5 Å². The van der Waals surface area contributed by atoms with Crippen LogP contribution in [0.3, 0.4) is 0 Å². The summed E-state index contributed by atoms with van der Waals surface area (Å²) in [6.45, 7) is 1.02. The van der Waals surface area contributed by atoms with Gasteiger partial charge in [-0.15, -0.1) is 0 Å². The Morgan fingerprint density at radius 3 is 2.62 bits per heavy atom. The average Bonchev–Trinajstić information content (AvgIpc) is 3.25. The Morgan fingerprint density at radius 1 is 1.21 bits per heavy atom. The zero-order valence-electron chi connectivity index (χ0n) is 13.3. The first kappa shape index (κ1) is 16.2. The van der Waals surface area contributed by atoms with Gasteiger partial charge in [0.1, 0.15) is 12.7 Å². The van der Waals surface area contributed by atoms with Crippen LogP contribution in [0.5, 0.6) is 0 Å². The molecule has 1 aliphatic carbocycles. The van der Waals surface area contributed by atoms with Crippen LogP contribution in [-0.2, 0) is 22.7 Å². The summed E-state index contributed by atoms with van der Waals surface area (Å²) in [7, 11) is 0. The van der Waals surface area contributed by atoms with Crippen molar-refractivity contribution in [2.75, 3.05) is 0 Å². The van der Waals surface area contributed by atoms with E-state index in [-0.39, 0.29) is 17.7 Å². The molecule has 7 nitrogen and oxygen atoms in total. The van der Waals surface area contributed by atoms with Crippen molar-refractivity contribution < 1.29 is 14.7 Å². The first-order valence-electron chi connectivity index (χ1n) is 8.03. The minimum Gasteiger partial charge on any atom is -0.481 e. The molecule has 1 amide bonds. The van der Waals surface area contributed by atoms with Crippen LogP contribution >= 0.6 is 0 Å². The molecule has 7 heteroatoms. The lowest BCUT2D eigenvalue weighted by Gasteiger charge is -2.13. The molecule has 1 fully saturated rings. The predicted octanol–water partition coefficient (Wildman–Crippen LogP) is 1.44. The summed E-state index contributed by atoms with van der Waals surface area (Å²) < 4.78 is 1.73. The third kappa shape index (κ3) is 3.79. The number of rotatable bonds is 6. The Balaban J connectivity index is 1.59. The van der Waals surface area contributed by atoms with Crippen molar-refractivity contribution in [1.29, 1.82) is 0 Å². The molecule has 3 rings (SSSR count). The highest BCUT2D eigenvalue weighted by Gasteiger charge is 2.33. The Hall–Kier alpha value is -2.70. The lowest BCUT2D eigenvalue weighted by atomic mass is 10.0. The van der Waals surface area contributed by atoms with Crippen LogP contribution in [-0.4, -0.2) is 31.7 Å². The largest absolute Gasteiger partial charge is 0.481 e. The van der Waals surface area contributed by atoms with Gasteiger partial charge < -0.3 is 10.4 Å². The zero-order chi connectivity index (χ0) is 16.9. The second kappa shape index (κ2) is 7.25. The van der Waals surface area contributed by atoms with Crippen LogP contribution in [0.1, 0.15) is 30.4 Å². The number of amides is 1. The van der Waals surface area contributed by atoms with Gasteiger partial charge in [0.2, 0.25) is 5.91 Å². The van der Waals surface area contributed by atoms with E-state index in [4.69, 9.17) is 5.11 Å². The Bertz CT molecular complexity index is 714. The fraction of sp³-hybridized carbons (Fsp3) is 0.412. The molecule has 1 aliphatic rings. The molecule has 1 saturated carbocycles. The van der Waals surface area contributed by atoms with Gasteiger partial charge in [0, 0.05) is 12.5 Å². The average molecular weight is 328 g/mol. The maximum Gasteiger partial charge on any atom is 0.306 e. The van der Waals surface area contributed by atoms with E-state index in [2.05, 4.69) is 15.4 Å². The van der Waals surface area contributed by atoms with Crippen LogP contribution in [0.4, 0.5) is 0 Å². The standard InChI is InChI=1S/C17H20N4O3/c22-16(12-5-6-13(7-12)17(23)24)19-8-14-3-1-2-4-15(14)9-21-11-18-10-20-21/h1-4,10-13H,5-9H2,(H,19,22)(H,23,24)/t12-,13+/m0/s1. The van der Waals surface area contributed by atoms with E-state index in [0.717, 1.165) is 11.1 Å². The molecule has 0 saturated heterocycles. The Morgan fingerprint density at radius 2 is 1.96 bits per heavy atom. The van der Waals surface area contributed by atoms with Crippen LogP contribution < -0.4 is 5.32 Å². The van der Waals surface area contributed by atoms with Crippen molar-refractivity contribution in [3.05, 3.63) is 48.0 Å². The van der Waals surface area contributed by atoms with E-state index in [9.17, 15) is 9.59 Å². The maximum atomic E-state index is 12.3. The fourth-order valence-corrected chi connectivity index (χ4v) is 3.14. The number of carbonyl (C=O) groups is 2. The summed E-state index contributed by atoms with van der Waals surface area (Å²) in [6, 6.07) is 7.86. The van der Waals surface area contributed by atoms with Crippen molar-refractivity contribution in [3.8, 4) is 0 Å². The summed E-state index contributed by atoms with van der Waals surface area (Å²) in [5.41, 5.74) is 2.09. The third-order valence-corrected chi connectivity index (χ3v) is 4.52. The minimum absolute atomic E-state index is 0.0608. The summed E-state index contributed by atoms with van der Waals surface area (Å²) in [5, 5.41) is 16.1. The van der Waals surface area contributed by atoms with Gasteiger partial charge in [-0.25, -0.2) is 9.67 Å². The number of benzene rings is 1. The minimum atomic E-state index is -0.802. The van der Waals surface area contributed by atoms with Gasteiger partial charge in [-0.05, 0) is 30.4 Å². The van der Waals surface area contributed by atoms with Crippen molar-refractivity contribution >= 4 is 11.9 Å². The summed E-state index contributed by atoms with van der Waals surface area (Å²) in [4.78, 5) is 27.2. The Kier molecular flexibility index (Phi) is 4.88. The summed E-state index contributed by atoms with van der Waals surface area (Å²) >= 11 is 0. The molecule has 2 N–H and O–H groups in total. The molecule has 126 valence electrons. The van der Waals surface area contributed by atoms with Gasteiger partial charge in [-0.2, -0.15) is 5.10 Å². The number of carboxylic acid groups (broad SMARTS) is 1. The van der Waals surface area contributed by atoms with E-state index >= 15 is 0 Å². The van der Waals surface area contributed by atoms with Gasteiger partial charge in [0.15, 0.2) is 0 Å². The zero-order valence-corrected chi connectivity index (χ0v) is 13.3. The molecule has 1 heterocycles. The highest BCUT2D eigenvalue weighted by Crippen LogP contribution is 2.31. The van der Waals surface area contributed by atoms with Gasteiger partial charge in [-0.3, -0.25) is 9.59 Å². The second-order valence-corrected chi connectivity index (χ2v) is 6.12. The SMILES string of the molecule is O=C(O)[C@@H]1CC[C@H](C(=O)NCc2ccccc2Cn2cncn2)C1.